The first-order valence-electron chi connectivity index (χ1n) is 16.2. The van der Waals surface area contributed by atoms with Gasteiger partial charge in [0.25, 0.3) is 0 Å². The van der Waals surface area contributed by atoms with E-state index in [-0.39, 0.29) is 0 Å². The van der Waals surface area contributed by atoms with E-state index in [9.17, 15) is 0 Å². The molecular weight excluding hydrogens is 645 g/mol. The molecule has 4 aromatic carbocycles. The maximum absolute atomic E-state index is 5.71. The topological polar surface area (TPSA) is 143 Å². The van der Waals surface area contributed by atoms with Gasteiger partial charge in [-0.15, -0.1) is 0 Å². The predicted molar refractivity (Wildman–Crippen MR) is 205 cm³/mol. The number of nitrogen functional groups attached to an aromatic ring is 1. The number of nitrogens with one attached hydrogen (secondary N) is 3. The van der Waals surface area contributed by atoms with Crippen molar-refractivity contribution in [2.45, 2.75) is 0 Å². The maximum atomic E-state index is 5.71. The lowest BCUT2D eigenvalue weighted by Crippen LogP contribution is -1.88. The second-order valence-corrected chi connectivity index (χ2v) is 11.3. The number of para-hydroxylation sites is 3. The van der Waals surface area contributed by atoms with Crippen molar-refractivity contribution in [3.05, 3.63) is 168 Å². The van der Waals surface area contributed by atoms with Gasteiger partial charge >= 0.3 is 0 Å². The molecule has 9 rings (SSSR count). The summed E-state index contributed by atoms with van der Waals surface area (Å²) in [6, 6.07) is 35.0. The summed E-state index contributed by atoms with van der Waals surface area (Å²) in [6.45, 7) is 0. The molecule has 0 aliphatic carbocycles. The zero-order valence-corrected chi connectivity index (χ0v) is 28.0. The highest BCUT2D eigenvalue weighted by atomic mass is 15.1. The van der Waals surface area contributed by atoms with E-state index < -0.39 is 0 Å². The van der Waals surface area contributed by atoms with E-state index in [2.05, 4.69) is 76.1 Å². The summed E-state index contributed by atoms with van der Waals surface area (Å²) >= 11 is 0. The molecule has 5 heterocycles. The second kappa shape index (κ2) is 15.6. The van der Waals surface area contributed by atoms with E-state index in [4.69, 9.17) is 5.73 Å². The Morgan fingerprint density at radius 1 is 0.519 bits per heavy atom. The van der Waals surface area contributed by atoms with Crippen LogP contribution in [0.25, 0.3) is 32.7 Å². The molecule has 10 nitrogen and oxygen atoms in total. The average molecular weight is 675 g/mol. The summed E-state index contributed by atoms with van der Waals surface area (Å²) < 4.78 is 1.88. The number of imidazole rings is 1. The van der Waals surface area contributed by atoms with Crippen molar-refractivity contribution in [1.82, 2.24) is 45.1 Å². The van der Waals surface area contributed by atoms with E-state index in [1.165, 1.54) is 0 Å². The normalized spacial score (nSPS) is 10.0. The number of aromatic amines is 3. The van der Waals surface area contributed by atoms with Gasteiger partial charge in [-0.3, -0.25) is 20.3 Å². The van der Waals surface area contributed by atoms with Crippen LogP contribution in [-0.2, 0) is 7.05 Å². The minimum absolute atomic E-state index is 0.719. The summed E-state index contributed by atoms with van der Waals surface area (Å²) in [5, 5.41) is 24.5. The van der Waals surface area contributed by atoms with Gasteiger partial charge in [0.2, 0.25) is 0 Å². The van der Waals surface area contributed by atoms with Crippen LogP contribution < -0.4 is 5.73 Å². The summed E-state index contributed by atoms with van der Waals surface area (Å²) in [6.07, 6.45) is 6.94. The molecule has 0 radical (unpaired) electrons. The highest BCUT2D eigenvalue weighted by molar-refractivity contribution is 5.85. The molecule has 248 valence electrons. The largest absolute Gasteiger partial charge is 0.399 e. The molecule has 0 saturated heterocycles. The quantitative estimate of drug-likeness (QED) is 0.106. The van der Waals surface area contributed by atoms with Crippen LogP contribution in [-0.4, -0.2) is 45.1 Å². The molecule has 5 aromatic heterocycles. The first-order valence-corrected chi connectivity index (χ1v) is 16.2. The van der Waals surface area contributed by atoms with Gasteiger partial charge in [0.15, 0.2) is 0 Å². The summed E-state index contributed by atoms with van der Waals surface area (Å²) in [5.41, 5.74) is 14.4. The van der Waals surface area contributed by atoms with Crippen molar-refractivity contribution in [2.75, 3.05) is 5.73 Å². The number of pyridine rings is 1. The van der Waals surface area contributed by atoms with Crippen LogP contribution in [0.15, 0.2) is 134 Å². The standard InChI is InChI=1S/C15H11N3.C14H9N3.C13H10N4/c16-12-5-3-4-11(10-12)8-9-15-13-6-1-2-7-14(13)17-18-15;1-2-4-13-12(3-1)14(17-16-13)6-5-11-7-9-15-10-8-11;1-17-9-14-8-10(17)6-7-13-11-4-2-3-5-12(11)15-16-13/h1-7,10H,16H2,(H,17,18);1-4,7-10H,(H,16,17);2-5,8-9H,1H3,(H,15,16). The molecule has 0 bridgehead atoms. The van der Waals surface area contributed by atoms with E-state index in [1.807, 2.05) is 121 Å². The van der Waals surface area contributed by atoms with Gasteiger partial charge in [-0.2, -0.15) is 15.3 Å². The Balaban J connectivity index is 0.000000121. The fourth-order valence-electron chi connectivity index (χ4n) is 5.09. The number of nitrogens with two attached hydrogens (primary N) is 1. The van der Waals surface area contributed by atoms with Crippen LogP contribution in [0, 0.1) is 35.5 Å². The van der Waals surface area contributed by atoms with Crippen molar-refractivity contribution in [1.29, 1.82) is 0 Å². The molecule has 0 spiro atoms. The number of benzene rings is 4. The molecule has 0 atom stereocenters. The second-order valence-electron chi connectivity index (χ2n) is 11.3. The summed E-state index contributed by atoms with van der Waals surface area (Å²) in [5.74, 6) is 18.5. The minimum Gasteiger partial charge on any atom is -0.399 e. The number of anilines is 1. The van der Waals surface area contributed by atoms with E-state index in [0.717, 1.165) is 72.3 Å². The fourth-order valence-corrected chi connectivity index (χ4v) is 5.09. The Kier molecular flexibility index (Phi) is 9.78. The Morgan fingerprint density at radius 2 is 1.02 bits per heavy atom. The fraction of sp³-hybridized carbons (Fsp3) is 0.0238. The van der Waals surface area contributed by atoms with Gasteiger partial charge in [-0.25, -0.2) is 4.98 Å². The van der Waals surface area contributed by atoms with Gasteiger partial charge in [-0.1, -0.05) is 54.3 Å². The molecule has 0 aliphatic heterocycles. The number of aromatic nitrogens is 9. The van der Waals surface area contributed by atoms with E-state index in [0.29, 0.717) is 0 Å². The number of hydrogen-bond donors (Lipinski definition) is 4. The van der Waals surface area contributed by atoms with Crippen LogP contribution >= 0.6 is 0 Å². The van der Waals surface area contributed by atoms with Gasteiger partial charge in [-0.05, 0) is 90.4 Å². The van der Waals surface area contributed by atoms with Crippen molar-refractivity contribution < 1.29 is 0 Å². The zero-order chi connectivity index (χ0) is 35.5. The lowest BCUT2D eigenvalue weighted by Gasteiger charge is -1.92. The van der Waals surface area contributed by atoms with Crippen LogP contribution in [0.2, 0.25) is 0 Å². The number of aryl methyl sites for hydroxylation is 1. The lowest BCUT2D eigenvalue weighted by atomic mass is 10.2. The summed E-state index contributed by atoms with van der Waals surface area (Å²) in [4.78, 5) is 7.97. The predicted octanol–water partition coefficient (Wildman–Crippen LogP) is 6.60. The number of rotatable bonds is 0. The van der Waals surface area contributed by atoms with Crippen molar-refractivity contribution in [3.63, 3.8) is 0 Å². The van der Waals surface area contributed by atoms with Crippen molar-refractivity contribution in [3.8, 4) is 35.5 Å². The van der Waals surface area contributed by atoms with Gasteiger partial charge in [0.05, 0.1) is 29.1 Å². The molecule has 0 saturated carbocycles. The van der Waals surface area contributed by atoms with Gasteiger partial charge in [0.1, 0.15) is 22.8 Å². The number of hydrogen-bond acceptors (Lipinski definition) is 6. The highest BCUT2D eigenvalue weighted by Crippen LogP contribution is 2.16. The lowest BCUT2D eigenvalue weighted by molar-refractivity contribution is 0.899. The Hall–Kier alpha value is -7.87. The van der Waals surface area contributed by atoms with Crippen LogP contribution in [0.5, 0.6) is 0 Å². The Morgan fingerprint density at radius 3 is 1.52 bits per heavy atom. The molecular formula is C42H30N10. The van der Waals surface area contributed by atoms with Crippen molar-refractivity contribution in [2.24, 2.45) is 7.05 Å². The molecule has 9 aromatic rings. The third-order valence-corrected chi connectivity index (χ3v) is 7.75. The van der Waals surface area contributed by atoms with E-state index in [1.54, 1.807) is 24.9 Å². The average Bonchev–Trinajstić information content (AvgIpc) is 4.00. The number of H-pyrrole nitrogens is 3. The van der Waals surface area contributed by atoms with Crippen LogP contribution in [0.1, 0.15) is 33.9 Å². The molecule has 0 unspecified atom stereocenters. The number of fused-ring (bicyclic) bond motifs is 3. The Labute approximate surface area is 299 Å². The highest BCUT2D eigenvalue weighted by Gasteiger charge is 2.03. The molecule has 0 amide bonds. The molecule has 0 aliphatic rings. The number of nitrogens with zero attached hydrogens (tertiary/aromatic N) is 6. The molecule has 0 fully saturated rings. The van der Waals surface area contributed by atoms with Gasteiger partial charge < -0.3 is 10.3 Å². The maximum Gasteiger partial charge on any atom is 0.116 e. The third-order valence-electron chi connectivity index (χ3n) is 7.75. The first kappa shape index (κ1) is 32.7. The first-order chi connectivity index (χ1) is 25.6. The summed E-state index contributed by atoms with van der Waals surface area (Å²) in [7, 11) is 1.92. The zero-order valence-electron chi connectivity index (χ0n) is 28.0. The molecule has 5 N–H and O–H groups in total. The molecule has 52 heavy (non-hydrogen) atoms. The van der Waals surface area contributed by atoms with Crippen molar-refractivity contribution >= 4 is 38.4 Å². The van der Waals surface area contributed by atoms with E-state index >= 15 is 0 Å². The monoisotopic (exact) mass is 674 g/mol. The molecule has 10 heteroatoms. The third kappa shape index (κ3) is 7.88. The van der Waals surface area contributed by atoms with Crippen LogP contribution in [0.4, 0.5) is 5.69 Å². The van der Waals surface area contributed by atoms with Gasteiger partial charge in [0, 0.05) is 52.4 Å². The Bertz CT molecular complexity index is 2800. The van der Waals surface area contributed by atoms with Crippen LogP contribution in [0.3, 0.4) is 0 Å². The SMILES string of the molecule is C(#Cc1[nH]nc2ccccc12)c1ccncc1.Cn1cncc1C#Cc1[nH]nc2ccccc12.Nc1cccc(C#Cc2[nH]nc3ccccc23)c1. The minimum atomic E-state index is 0.719. The smallest absolute Gasteiger partial charge is 0.116 e.